The summed E-state index contributed by atoms with van der Waals surface area (Å²) in [6, 6.07) is 5.20. The van der Waals surface area contributed by atoms with Gasteiger partial charge in [-0.2, -0.15) is 13.2 Å². The zero-order chi connectivity index (χ0) is 10.8. The summed E-state index contributed by atoms with van der Waals surface area (Å²) in [6.45, 7) is 3.59. The van der Waals surface area contributed by atoms with Crippen LogP contribution in [0.4, 0.5) is 13.2 Å². The molecule has 0 bridgehead atoms. The van der Waals surface area contributed by atoms with Crippen molar-refractivity contribution in [3.8, 4) is 0 Å². The molecule has 0 atom stereocenters. The van der Waals surface area contributed by atoms with Crippen molar-refractivity contribution in [2.24, 2.45) is 0 Å². The molecule has 1 radical (unpaired) electrons. The summed E-state index contributed by atoms with van der Waals surface area (Å²) >= 11 is 0. The normalized spacial score (nSPS) is 11.8. The number of hydrogen-bond acceptors (Lipinski definition) is 0. The molecule has 1 rings (SSSR count). The summed E-state index contributed by atoms with van der Waals surface area (Å²) in [5, 5.41) is 0. The Kier molecular flexibility index (Phi) is 3.19. The highest BCUT2D eigenvalue weighted by Crippen LogP contribution is 2.33. The summed E-state index contributed by atoms with van der Waals surface area (Å²) < 4.78 is 37.6. The summed E-state index contributed by atoms with van der Waals surface area (Å²) in [4.78, 5) is 0. The van der Waals surface area contributed by atoms with Crippen LogP contribution < -0.4 is 0 Å². The Bertz CT molecular complexity index is 313. The SMILES string of the molecule is CCc1c[c]cc(C(F)(F)F)c1CC. The van der Waals surface area contributed by atoms with Crippen LogP contribution >= 0.6 is 0 Å². The summed E-state index contributed by atoms with van der Waals surface area (Å²) in [5.41, 5.74) is 0.598. The lowest BCUT2D eigenvalue weighted by Crippen LogP contribution is -2.10. The highest BCUT2D eigenvalue weighted by atomic mass is 19.4. The maximum Gasteiger partial charge on any atom is 0.416 e. The third-order valence-electron chi connectivity index (χ3n) is 2.24. The Hall–Kier alpha value is -0.990. The van der Waals surface area contributed by atoms with Crippen molar-refractivity contribution in [2.45, 2.75) is 32.9 Å². The molecule has 0 aliphatic carbocycles. The van der Waals surface area contributed by atoms with Crippen LogP contribution in [0.25, 0.3) is 0 Å². The van der Waals surface area contributed by atoms with Gasteiger partial charge in [0.2, 0.25) is 0 Å². The van der Waals surface area contributed by atoms with Gasteiger partial charge in [-0.05, 0) is 36.1 Å². The predicted octanol–water partition coefficient (Wildman–Crippen LogP) is 3.63. The maximum absolute atomic E-state index is 12.5. The van der Waals surface area contributed by atoms with Gasteiger partial charge in [-0.25, -0.2) is 0 Å². The van der Waals surface area contributed by atoms with Crippen molar-refractivity contribution in [2.75, 3.05) is 0 Å². The molecule has 3 heteroatoms. The van der Waals surface area contributed by atoms with E-state index in [0.29, 0.717) is 18.4 Å². The van der Waals surface area contributed by atoms with Gasteiger partial charge in [-0.15, -0.1) is 0 Å². The molecule has 0 amide bonds. The Labute approximate surface area is 81.8 Å². The second-order valence-electron chi connectivity index (χ2n) is 3.08. The van der Waals surface area contributed by atoms with Crippen molar-refractivity contribution in [3.05, 3.63) is 34.9 Å². The Balaban J connectivity index is 3.29. The number of alkyl halides is 3. The fourth-order valence-electron chi connectivity index (χ4n) is 1.56. The van der Waals surface area contributed by atoms with Crippen molar-refractivity contribution in [1.29, 1.82) is 0 Å². The minimum absolute atomic E-state index is 0.402. The fraction of sp³-hybridized carbons (Fsp3) is 0.455. The van der Waals surface area contributed by atoms with Crippen molar-refractivity contribution >= 4 is 0 Å². The lowest BCUT2D eigenvalue weighted by molar-refractivity contribution is -0.138. The number of aryl methyl sites for hydroxylation is 1. The van der Waals surface area contributed by atoms with E-state index in [0.717, 1.165) is 11.6 Å². The third-order valence-corrected chi connectivity index (χ3v) is 2.24. The standard InChI is InChI=1S/C11H12F3/c1-3-8-6-5-7-10(9(8)4-2)11(12,13)14/h6-7H,3-4H2,1-2H3. The highest BCUT2D eigenvalue weighted by Gasteiger charge is 2.33. The monoisotopic (exact) mass is 201 g/mol. The molecule has 0 heterocycles. The second-order valence-corrected chi connectivity index (χ2v) is 3.08. The van der Waals surface area contributed by atoms with Crippen LogP contribution in [0.2, 0.25) is 0 Å². The molecule has 0 saturated heterocycles. The first-order valence-electron chi connectivity index (χ1n) is 4.59. The topological polar surface area (TPSA) is 0 Å². The first-order chi connectivity index (χ1) is 6.50. The Morgan fingerprint density at radius 3 is 2.21 bits per heavy atom. The van der Waals surface area contributed by atoms with E-state index in [1.54, 1.807) is 13.0 Å². The smallest absolute Gasteiger partial charge is 0.166 e. The molecule has 1 aromatic carbocycles. The van der Waals surface area contributed by atoms with Gasteiger partial charge < -0.3 is 0 Å². The molecule has 0 fully saturated rings. The molecule has 0 aliphatic rings. The zero-order valence-corrected chi connectivity index (χ0v) is 8.20. The number of hydrogen-bond donors (Lipinski definition) is 0. The molecule has 14 heavy (non-hydrogen) atoms. The van der Waals surface area contributed by atoms with Gasteiger partial charge in [-0.1, -0.05) is 19.9 Å². The Morgan fingerprint density at radius 2 is 1.79 bits per heavy atom. The first kappa shape index (κ1) is 11.1. The lowest BCUT2D eigenvalue weighted by atomic mass is 9.97. The lowest BCUT2D eigenvalue weighted by Gasteiger charge is -2.14. The maximum atomic E-state index is 12.5. The van der Waals surface area contributed by atoms with Crippen LogP contribution in [-0.2, 0) is 19.0 Å². The van der Waals surface area contributed by atoms with Crippen molar-refractivity contribution in [1.82, 2.24) is 0 Å². The summed E-state index contributed by atoms with van der Waals surface area (Å²) in [6.07, 6.45) is -3.23. The van der Waals surface area contributed by atoms with Crippen LogP contribution in [-0.4, -0.2) is 0 Å². The van der Waals surface area contributed by atoms with Crippen LogP contribution in [0.3, 0.4) is 0 Å². The second kappa shape index (κ2) is 4.03. The van der Waals surface area contributed by atoms with Gasteiger partial charge in [0.25, 0.3) is 0 Å². The zero-order valence-electron chi connectivity index (χ0n) is 8.20. The van der Waals surface area contributed by atoms with E-state index in [1.807, 2.05) is 6.92 Å². The molecular weight excluding hydrogens is 189 g/mol. The third kappa shape index (κ3) is 2.08. The van der Waals surface area contributed by atoms with Gasteiger partial charge in [0, 0.05) is 0 Å². The van der Waals surface area contributed by atoms with Crippen molar-refractivity contribution < 1.29 is 13.2 Å². The van der Waals surface area contributed by atoms with Crippen LogP contribution in [0.1, 0.15) is 30.5 Å². The van der Waals surface area contributed by atoms with Gasteiger partial charge in [0.1, 0.15) is 0 Å². The molecule has 0 unspecified atom stereocenters. The van der Waals surface area contributed by atoms with Gasteiger partial charge >= 0.3 is 6.18 Å². The van der Waals surface area contributed by atoms with Gasteiger partial charge in [0.15, 0.2) is 0 Å². The van der Waals surface area contributed by atoms with Gasteiger partial charge in [-0.3, -0.25) is 0 Å². The average molecular weight is 201 g/mol. The average Bonchev–Trinajstić information content (AvgIpc) is 2.15. The van der Waals surface area contributed by atoms with Crippen LogP contribution in [0, 0.1) is 6.07 Å². The quantitative estimate of drug-likeness (QED) is 0.685. The minimum atomic E-state index is -4.26. The predicted molar refractivity (Wildman–Crippen MR) is 49.0 cm³/mol. The number of halogens is 3. The largest absolute Gasteiger partial charge is 0.416 e. The fourth-order valence-corrected chi connectivity index (χ4v) is 1.56. The highest BCUT2D eigenvalue weighted by molar-refractivity contribution is 5.36. The number of rotatable bonds is 2. The van der Waals surface area contributed by atoms with E-state index in [1.165, 1.54) is 0 Å². The molecule has 0 aliphatic heterocycles. The number of benzene rings is 1. The van der Waals surface area contributed by atoms with E-state index in [9.17, 15) is 13.2 Å². The molecule has 77 valence electrons. The molecule has 0 N–H and O–H groups in total. The molecule has 0 saturated carbocycles. The van der Waals surface area contributed by atoms with E-state index in [-0.39, 0.29) is 0 Å². The summed E-state index contributed by atoms with van der Waals surface area (Å²) in [7, 11) is 0. The summed E-state index contributed by atoms with van der Waals surface area (Å²) in [5.74, 6) is 0. The van der Waals surface area contributed by atoms with E-state index >= 15 is 0 Å². The van der Waals surface area contributed by atoms with E-state index in [4.69, 9.17) is 0 Å². The molecule has 0 nitrogen and oxygen atoms in total. The van der Waals surface area contributed by atoms with Crippen LogP contribution in [0.15, 0.2) is 12.1 Å². The first-order valence-corrected chi connectivity index (χ1v) is 4.59. The molecule has 0 spiro atoms. The molecule has 1 aromatic rings. The minimum Gasteiger partial charge on any atom is -0.166 e. The van der Waals surface area contributed by atoms with E-state index in [2.05, 4.69) is 6.07 Å². The Morgan fingerprint density at radius 1 is 1.14 bits per heavy atom. The van der Waals surface area contributed by atoms with Gasteiger partial charge in [0.05, 0.1) is 5.56 Å². The van der Waals surface area contributed by atoms with Crippen molar-refractivity contribution in [3.63, 3.8) is 0 Å². The molecule has 0 aromatic heterocycles. The van der Waals surface area contributed by atoms with Crippen LogP contribution in [0.5, 0.6) is 0 Å². The van der Waals surface area contributed by atoms with E-state index < -0.39 is 11.7 Å². The molecular formula is C11H12F3.